The van der Waals surface area contributed by atoms with Crippen LogP contribution >= 0.6 is 11.6 Å². The zero-order valence-corrected chi connectivity index (χ0v) is 11.2. The zero-order valence-electron chi connectivity index (χ0n) is 10.4. The van der Waals surface area contributed by atoms with Crippen LogP contribution < -0.4 is 10.1 Å². The Bertz CT molecular complexity index is 453. The first-order chi connectivity index (χ1) is 8.61. The number of pyridine rings is 1. The van der Waals surface area contributed by atoms with Crippen molar-refractivity contribution in [3.63, 3.8) is 0 Å². The molecule has 1 aliphatic rings. The average Bonchev–Trinajstić information content (AvgIpc) is 2.46. The summed E-state index contributed by atoms with van der Waals surface area (Å²) < 4.78 is 5.78. The number of halogens is 1. The summed E-state index contributed by atoms with van der Waals surface area (Å²) in [4.78, 5) is 17.9. The Kier molecular flexibility index (Phi) is 4.04. The molecule has 1 aromatic rings. The molecule has 0 fully saturated rings. The summed E-state index contributed by atoms with van der Waals surface area (Å²) in [5.74, 6) is 0.266. The first-order valence-corrected chi connectivity index (χ1v) is 6.22. The standard InChI is InChI=1S/C12H16ClN3O2/c1-14-4-3-9-7-16(2)12(17)10-5-8(13)6-15-11(10)18-9/h5-6,9,14H,3-4,7H2,1-2H3. The summed E-state index contributed by atoms with van der Waals surface area (Å²) in [5, 5.41) is 3.51. The van der Waals surface area contributed by atoms with Crippen LogP contribution in [0.3, 0.4) is 0 Å². The van der Waals surface area contributed by atoms with E-state index in [0.29, 0.717) is 23.0 Å². The van der Waals surface area contributed by atoms with Crippen LogP contribution in [0.25, 0.3) is 0 Å². The summed E-state index contributed by atoms with van der Waals surface area (Å²) in [7, 11) is 3.64. The van der Waals surface area contributed by atoms with Gasteiger partial charge in [-0.1, -0.05) is 11.6 Å². The number of likely N-dealkylation sites (N-methyl/N-ethyl adjacent to an activating group) is 1. The second-order valence-electron chi connectivity index (χ2n) is 4.32. The molecule has 18 heavy (non-hydrogen) atoms. The summed E-state index contributed by atoms with van der Waals surface area (Å²) in [6.45, 7) is 1.38. The van der Waals surface area contributed by atoms with Gasteiger partial charge in [0.05, 0.1) is 11.6 Å². The summed E-state index contributed by atoms with van der Waals surface area (Å²) in [5.41, 5.74) is 0.428. The second-order valence-corrected chi connectivity index (χ2v) is 4.76. The van der Waals surface area contributed by atoms with Crippen LogP contribution in [0.2, 0.25) is 5.02 Å². The van der Waals surface area contributed by atoms with Crippen LogP contribution in [-0.4, -0.2) is 49.1 Å². The molecule has 1 atom stereocenters. The van der Waals surface area contributed by atoms with Crippen LogP contribution in [0.15, 0.2) is 12.3 Å². The maximum Gasteiger partial charge on any atom is 0.259 e. The minimum absolute atomic E-state index is 0.0543. The Morgan fingerprint density at radius 2 is 2.44 bits per heavy atom. The number of amides is 1. The lowest BCUT2D eigenvalue weighted by molar-refractivity contribution is 0.0755. The quantitative estimate of drug-likeness (QED) is 0.895. The minimum Gasteiger partial charge on any atom is -0.472 e. The van der Waals surface area contributed by atoms with Gasteiger partial charge in [-0.2, -0.15) is 0 Å². The molecule has 1 amide bonds. The third-order valence-electron chi connectivity index (χ3n) is 2.87. The van der Waals surface area contributed by atoms with Crippen LogP contribution in [0.5, 0.6) is 5.88 Å². The number of aromatic nitrogens is 1. The molecule has 0 radical (unpaired) electrons. The Morgan fingerprint density at radius 3 is 3.17 bits per heavy atom. The van der Waals surface area contributed by atoms with Gasteiger partial charge >= 0.3 is 0 Å². The number of carbonyl (C=O) groups excluding carboxylic acids is 1. The SMILES string of the molecule is CNCCC1CN(C)C(=O)c2cc(Cl)cnc2O1. The van der Waals surface area contributed by atoms with E-state index in [1.807, 2.05) is 7.05 Å². The molecule has 0 saturated carbocycles. The molecule has 5 nitrogen and oxygen atoms in total. The van der Waals surface area contributed by atoms with Crippen LogP contribution in [-0.2, 0) is 0 Å². The van der Waals surface area contributed by atoms with Gasteiger partial charge < -0.3 is 15.0 Å². The summed E-state index contributed by atoms with van der Waals surface area (Å²) in [6, 6.07) is 1.60. The van der Waals surface area contributed by atoms with Crippen molar-refractivity contribution in [1.82, 2.24) is 15.2 Å². The molecule has 1 aromatic heterocycles. The molecule has 98 valence electrons. The highest BCUT2D eigenvalue weighted by Crippen LogP contribution is 2.25. The molecule has 0 aromatic carbocycles. The maximum atomic E-state index is 12.1. The third kappa shape index (κ3) is 2.73. The Morgan fingerprint density at radius 1 is 1.67 bits per heavy atom. The van der Waals surface area contributed by atoms with E-state index in [1.54, 1.807) is 18.0 Å². The van der Waals surface area contributed by atoms with Crippen molar-refractivity contribution in [2.45, 2.75) is 12.5 Å². The van der Waals surface area contributed by atoms with Crippen molar-refractivity contribution in [1.29, 1.82) is 0 Å². The van der Waals surface area contributed by atoms with Crippen molar-refractivity contribution in [2.75, 3.05) is 27.2 Å². The normalized spacial score (nSPS) is 19.2. The van der Waals surface area contributed by atoms with Gasteiger partial charge in [0.2, 0.25) is 5.88 Å². The van der Waals surface area contributed by atoms with Gasteiger partial charge in [0.25, 0.3) is 5.91 Å². The van der Waals surface area contributed by atoms with Crippen molar-refractivity contribution >= 4 is 17.5 Å². The molecule has 2 heterocycles. The predicted molar refractivity (Wildman–Crippen MR) is 69.2 cm³/mol. The van der Waals surface area contributed by atoms with Gasteiger partial charge in [0, 0.05) is 13.2 Å². The molecule has 0 spiro atoms. The summed E-state index contributed by atoms with van der Waals surface area (Å²) >= 11 is 5.86. The lowest BCUT2D eigenvalue weighted by atomic mass is 10.2. The largest absolute Gasteiger partial charge is 0.472 e. The number of ether oxygens (including phenoxy) is 1. The van der Waals surface area contributed by atoms with Crippen LogP contribution in [0.4, 0.5) is 0 Å². The molecule has 1 unspecified atom stereocenters. The number of fused-ring (bicyclic) bond motifs is 1. The van der Waals surface area contributed by atoms with E-state index in [9.17, 15) is 4.79 Å². The van der Waals surface area contributed by atoms with Gasteiger partial charge in [0.1, 0.15) is 11.7 Å². The van der Waals surface area contributed by atoms with Gasteiger partial charge in [-0.3, -0.25) is 4.79 Å². The monoisotopic (exact) mass is 269 g/mol. The summed E-state index contributed by atoms with van der Waals surface area (Å²) in [6.07, 6.45) is 2.26. The highest BCUT2D eigenvalue weighted by Gasteiger charge is 2.27. The number of carbonyl (C=O) groups is 1. The second kappa shape index (κ2) is 5.54. The Balaban J connectivity index is 2.27. The topological polar surface area (TPSA) is 54.5 Å². The van der Waals surface area contributed by atoms with Crippen LogP contribution in [0.1, 0.15) is 16.8 Å². The van der Waals surface area contributed by atoms with Crippen molar-refractivity contribution in [2.24, 2.45) is 0 Å². The first-order valence-electron chi connectivity index (χ1n) is 5.84. The molecule has 1 N–H and O–H groups in total. The van der Waals surface area contributed by atoms with Gasteiger partial charge in [-0.15, -0.1) is 0 Å². The molecular formula is C12H16ClN3O2. The lowest BCUT2D eigenvalue weighted by Crippen LogP contribution is -2.35. The van der Waals surface area contributed by atoms with Gasteiger partial charge in [-0.25, -0.2) is 4.98 Å². The first kappa shape index (κ1) is 13.1. The number of nitrogens with one attached hydrogen (secondary N) is 1. The fourth-order valence-corrected chi connectivity index (χ4v) is 2.08. The van der Waals surface area contributed by atoms with E-state index < -0.39 is 0 Å². The highest BCUT2D eigenvalue weighted by atomic mass is 35.5. The number of rotatable bonds is 3. The fraction of sp³-hybridized carbons (Fsp3) is 0.500. The van der Waals surface area contributed by atoms with Crippen molar-refractivity contribution < 1.29 is 9.53 Å². The molecule has 0 saturated heterocycles. The zero-order chi connectivity index (χ0) is 13.1. The molecule has 6 heteroatoms. The Labute approximate surface area is 111 Å². The van der Waals surface area contributed by atoms with Gasteiger partial charge in [0.15, 0.2) is 0 Å². The van der Waals surface area contributed by atoms with Gasteiger partial charge in [-0.05, 0) is 26.1 Å². The highest BCUT2D eigenvalue weighted by molar-refractivity contribution is 6.30. The van der Waals surface area contributed by atoms with E-state index in [4.69, 9.17) is 16.3 Å². The van der Waals surface area contributed by atoms with E-state index in [2.05, 4.69) is 10.3 Å². The van der Waals surface area contributed by atoms with E-state index in [0.717, 1.165) is 13.0 Å². The molecule has 0 bridgehead atoms. The van der Waals surface area contributed by atoms with Crippen LogP contribution in [0, 0.1) is 0 Å². The lowest BCUT2D eigenvalue weighted by Gasteiger charge is -2.19. The smallest absolute Gasteiger partial charge is 0.259 e. The molecular weight excluding hydrogens is 254 g/mol. The number of hydrogen-bond donors (Lipinski definition) is 1. The number of hydrogen-bond acceptors (Lipinski definition) is 4. The van der Waals surface area contributed by atoms with Crippen molar-refractivity contribution in [3.8, 4) is 5.88 Å². The van der Waals surface area contributed by atoms with E-state index in [1.165, 1.54) is 6.20 Å². The molecule has 0 aliphatic carbocycles. The molecule has 1 aliphatic heterocycles. The van der Waals surface area contributed by atoms with Crippen molar-refractivity contribution in [3.05, 3.63) is 22.8 Å². The third-order valence-corrected chi connectivity index (χ3v) is 3.07. The molecule has 2 rings (SSSR count). The fourth-order valence-electron chi connectivity index (χ4n) is 1.92. The average molecular weight is 270 g/mol. The van der Waals surface area contributed by atoms with E-state index >= 15 is 0 Å². The maximum absolute atomic E-state index is 12.1. The number of nitrogens with zero attached hydrogens (tertiary/aromatic N) is 2. The Hall–Kier alpha value is -1.33. The predicted octanol–water partition coefficient (Wildman–Crippen LogP) is 1.18. The van der Waals surface area contributed by atoms with E-state index in [-0.39, 0.29) is 12.0 Å². The minimum atomic E-state index is -0.105.